The molecule has 1 N–H and O–H groups in total. The van der Waals surface area contributed by atoms with E-state index in [1.807, 2.05) is 12.1 Å². The van der Waals surface area contributed by atoms with Crippen molar-refractivity contribution in [2.45, 2.75) is 38.0 Å². The largest absolute Gasteiger partial charge is 0.263 e. The summed E-state index contributed by atoms with van der Waals surface area (Å²) in [5.41, 5.74) is 2.65. The fourth-order valence-corrected chi connectivity index (χ4v) is 4.41. The van der Waals surface area contributed by atoms with E-state index in [1.165, 1.54) is 23.0 Å². The maximum Gasteiger partial charge on any atom is 0.263 e. The Morgan fingerprint density at radius 3 is 2.39 bits per heavy atom. The minimum absolute atomic E-state index is 0.0761. The topological polar surface area (TPSA) is 76.9 Å². The van der Waals surface area contributed by atoms with Gasteiger partial charge in [0, 0.05) is 23.7 Å². The highest BCUT2D eigenvalue weighted by Gasteiger charge is 2.21. The lowest BCUT2D eigenvalue weighted by atomic mass is 9.87. The molecular weight excluding hydrogens is 415 g/mol. The highest BCUT2D eigenvalue weighted by molar-refractivity contribution is 7.92. The summed E-state index contributed by atoms with van der Waals surface area (Å²) >= 11 is 0. The summed E-state index contributed by atoms with van der Waals surface area (Å²) in [7, 11) is -3.84. The smallest absolute Gasteiger partial charge is 0.263 e. The van der Waals surface area contributed by atoms with Crippen LogP contribution in [0, 0.1) is 12.7 Å². The lowest BCUT2D eigenvalue weighted by Gasteiger charge is -2.19. The molecule has 0 saturated carbocycles. The number of anilines is 1. The van der Waals surface area contributed by atoms with Crippen LogP contribution in [0.5, 0.6) is 0 Å². The fourth-order valence-electron chi connectivity index (χ4n) is 3.38. The molecule has 0 unspecified atom stereocenters. The van der Waals surface area contributed by atoms with Crippen LogP contribution in [0.2, 0.25) is 0 Å². The minimum Gasteiger partial charge on any atom is -0.263 e. The summed E-state index contributed by atoms with van der Waals surface area (Å²) < 4.78 is 43.8. The van der Waals surface area contributed by atoms with E-state index in [1.54, 1.807) is 37.3 Å². The highest BCUT2D eigenvalue weighted by Crippen LogP contribution is 2.27. The van der Waals surface area contributed by atoms with Crippen molar-refractivity contribution < 1.29 is 12.8 Å². The average Bonchev–Trinajstić information content (AvgIpc) is 3.06. The van der Waals surface area contributed by atoms with Crippen molar-refractivity contribution in [2.75, 3.05) is 4.72 Å². The first-order valence-corrected chi connectivity index (χ1v) is 11.3. The van der Waals surface area contributed by atoms with Crippen molar-refractivity contribution in [1.29, 1.82) is 0 Å². The third-order valence-electron chi connectivity index (χ3n) is 5.01. The molecule has 0 aliphatic rings. The van der Waals surface area contributed by atoms with E-state index >= 15 is 0 Å². The molecule has 4 aromatic rings. The predicted octanol–water partition coefficient (Wildman–Crippen LogP) is 4.97. The monoisotopic (exact) mass is 438 g/mol. The van der Waals surface area contributed by atoms with Crippen molar-refractivity contribution in [1.82, 2.24) is 14.8 Å². The number of pyridine rings is 1. The lowest BCUT2D eigenvalue weighted by molar-refractivity contribution is 0.587. The zero-order valence-corrected chi connectivity index (χ0v) is 18.5. The molecule has 2 heterocycles. The Morgan fingerprint density at radius 2 is 1.71 bits per heavy atom. The maximum atomic E-state index is 13.6. The Balaban J connectivity index is 1.75. The van der Waals surface area contributed by atoms with Crippen molar-refractivity contribution in [2.24, 2.45) is 0 Å². The Labute approximate surface area is 180 Å². The normalized spacial score (nSPS) is 12.3. The van der Waals surface area contributed by atoms with E-state index in [9.17, 15) is 12.8 Å². The molecule has 2 aromatic heterocycles. The Morgan fingerprint density at radius 1 is 1.00 bits per heavy atom. The van der Waals surface area contributed by atoms with E-state index < -0.39 is 15.8 Å². The molecule has 8 heteroatoms. The predicted molar refractivity (Wildman–Crippen MR) is 120 cm³/mol. The van der Waals surface area contributed by atoms with Gasteiger partial charge in [-0.05, 0) is 48.2 Å². The SMILES string of the molecule is Cc1cc(NS(=O)(=O)c2ccc(C(C)(C)C)cc2)n(-c2ccnc3cc(F)ccc23)n1. The number of nitrogens with one attached hydrogen (secondary N) is 1. The second kappa shape index (κ2) is 7.46. The molecule has 0 atom stereocenters. The zero-order chi connectivity index (χ0) is 22.4. The van der Waals surface area contributed by atoms with Crippen molar-refractivity contribution in [3.8, 4) is 5.69 Å². The van der Waals surface area contributed by atoms with Crippen LogP contribution in [-0.2, 0) is 15.4 Å². The van der Waals surface area contributed by atoms with Crippen LogP contribution >= 0.6 is 0 Å². The van der Waals surface area contributed by atoms with Crippen LogP contribution < -0.4 is 4.72 Å². The molecule has 160 valence electrons. The van der Waals surface area contributed by atoms with Gasteiger partial charge in [-0.25, -0.2) is 17.5 Å². The van der Waals surface area contributed by atoms with Gasteiger partial charge in [0.05, 0.1) is 21.8 Å². The summed E-state index contributed by atoms with van der Waals surface area (Å²) in [5, 5.41) is 5.10. The molecule has 31 heavy (non-hydrogen) atoms. The number of nitrogens with zero attached hydrogens (tertiary/aromatic N) is 3. The number of rotatable bonds is 4. The van der Waals surface area contributed by atoms with Gasteiger partial charge in [0.1, 0.15) is 11.6 Å². The van der Waals surface area contributed by atoms with Crippen molar-refractivity contribution in [3.05, 3.63) is 77.9 Å². The second-order valence-corrected chi connectivity index (χ2v) is 10.1. The molecule has 0 aliphatic carbocycles. The van der Waals surface area contributed by atoms with Gasteiger partial charge >= 0.3 is 0 Å². The summed E-state index contributed by atoms with van der Waals surface area (Å²) in [6.07, 6.45) is 1.54. The molecule has 2 aromatic carbocycles. The molecule has 0 fully saturated rings. The van der Waals surface area contributed by atoms with Crippen LogP contribution in [0.3, 0.4) is 0 Å². The summed E-state index contributed by atoms with van der Waals surface area (Å²) in [4.78, 5) is 4.35. The third-order valence-corrected chi connectivity index (χ3v) is 6.38. The quantitative estimate of drug-likeness (QED) is 0.488. The molecule has 4 rings (SSSR count). The Kier molecular flexibility index (Phi) is 5.05. The van der Waals surface area contributed by atoms with Gasteiger partial charge in [0.2, 0.25) is 0 Å². The average molecular weight is 439 g/mol. The van der Waals surface area contributed by atoms with Crippen molar-refractivity contribution in [3.63, 3.8) is 0 Å². The first kappa shape index (κ1) is 21.0. The van der Waals surface area contributed by atoms with Crippen LogP contribution in [-0.4, -0.2) is 23.2 Å². The first-order chi connectivity index (χ1) is 14.5. The number of halogens is 1. The summed E-state index contributed by atoms with van der Waals surface area (Å²) in [6, 6.07) is 14.5. The van der Waals surface area contributed by atoms with Crippen LogP contribution in [0.4, 0.5) is 10.2 Å². The third kappa shape index (κ3) is 4.16. The molecular formula is C23H23FN4O2S. The Hall–Kier alpha value is -3.26. The first-order valence-electron chi connectivity index (χ1n) is 9.79. The van der Waals surface area contributed by atoms with Gasteiger partial charge in [0.25, 0.3) is 10.0 Å². The molecule has 0 bridgehead atoms. The molecule has 0 amide bonds. The van der Waals surface area contributed by atoms with Crippen LogP contribution in [0.25, 0.3) is 16.6 Å². The Bertz CT molecular complexity index is 1370. The summed E-state index contributed by atoms with van der Waals surface area (Å²) in [6.45, 7) is 7.98. The van der Waals surface area contributed by atoms with E-state index in [-0.39, 0.29) is 16.1 Å². The van der Waals surface area contributed by atoms with Gasteiger partial charge in [-0.15, -0.1) is 0 Å². The van der Waals surface area contributed by atoms with E-state index in [0.29, 0.717) is 22.3 Å². The number of hydrogen-bond acceptors (Lipinski definition) is 4. The number of aryl methyl sites for hydroxylation is 1. The minimum atomic E-state index is -3.84. The van der Waals surface area contributed by atoms with Gasteiger partial charge < -0.3 is 0 Å². The van der Waals surface area contributed by atoms with Crippen LogP contribution in [0.1, 0.15) is 32.0 Å². The molecule has 0 saturated heterocycles. The number of fused-ring (bicyclic) bond motifs is 1. The summed E-state index contributed by atoms with van der Waals surface area (Å²) in [5.74, 6) is -0.109. The molecule has 0 radical (unpaired) electrons. The number of benzene rings is 2. The number of aromatic nitrogens is 3. The van der Waals surface area contributed by atoms with Gasteiger partial charge in [-0.2, -0.15) is 5.10 Å². The maximum absolute atomic E-state index is 13.6. The van der Waals surface area contributed by atoms with E-state index in [2.05, 4.69) is 35.6 Å². The fraction of sp³-hybridized carbons (Fsp3) is 0.217. The molecule has 0 aliphatic heterocycles. The standard InChI is InChI=1S/C23H23FN4O2S/c1-15-13-22(27-31(29,30)18-8-5-16(6-9-18)23(2,3)4)28(26-15)21-11-12-25-20-14-17(24)7-10-19(20)21/h5-14,27H,1-4H3. The molecule has 0 spiro atoms. The lowest BCUT2D eigenvalue weighted by Crippen LogP contribution is -2.17. The van der Waals surface area contributed by atoms with Gasteiger partial charge in [-0.3, -0.25) is 9.71 Å². The van der Waals surface area contributed by atoms with E-state index in [4.69, 9.17) is 0 Å². The second-order valence-electron chi connectivity index (χ2n) is 8.45. The van der Waals surface area contributed by atoms with Crippen LogP contribution in [0.15, 0.2) is 65.7 Å². The number of sulfonamides is 1. The van der Waals surface area contributed by atoms with Gasteiger partial charge in [-0.1, -0.05) is 32.9 Å². The molecule has 6 nitrogen and oxygen atoms in total. The number of hydrogen-bond donors (Lipinski definition) is 1. The van der Waals surface area contributed by atoms with E-state index in [0.717, 1.165) is 5.56 Å². The highest BCUT2D eigenvalue weighted by atomic mass is 32.2. The van der Waals surface area contributed by atoms with Crippen molar-refractivity contribution >= 4 is 26.7 Å². The zero-order valence-electron chi connectivity index (χ0n) is 17.7. The van der Waals surface area contributed by atoms with Gasteiger partial charge in [0.15, 0.2) is 0 Å².